The van der Waals surface area contributed by atoms with Gasteiger partial charge in [-0.2, -0.15) is 4.57 Å². The van der Waals surface area contributed by atoms with Crippen LogP contribution in [0.15, 0.2) is 47.0 Å². The van der Waals surface area contributed by atoms with E-state index < -0.39 is 53.1 Å². The summed E-state index contributed by atoms with van der Waals surface area (Å²) >= 11 is 8.29. The van der Waals surface area contributed by atoms with Gasteiger partial charge in [-0.05, 0) is 19.4 Å². The highest BCUT2D eigenvalue weighted by molar-refractivity contribution is 8.00. The minimum atomic E-state index is -1.42. The number of aromatic nitrogens is 3. The zero-order valence-corrected chi connectivity index (χ0v) is 26.9. The third-order valence-electron chi connectivity index (χ3n) is 7.19. The Morgan fingerprint density at radius 3 is 2.72 bits per heavy atom. The minimum Gasteiger partial charge on any atom is -0.478 e. The number of anilines is 1. The van der Waals surface area contributed by atoms with E-state index in [0.717, 1.165) is 27.3 Å². The normalized spacial score (nSPS) is 18.4. The molecule has 0 spiro atoms. The smallest absolute Gasteiger partial charge is 0.404 e. The molecule has 1 fully saturated rings. The summed E-state index contributed by atoms with van der Waals surface area (Å²) < 4.78 is 8.62. The number of aryl methyl sites for hydroxylation is 1. The number of rotatable bonds is 13. The number of nitrogens with one attached hydrogen (secondary N) is 1. The van der Waals surface area contributed by atoms with E-state index >= 15 is 0 Å². The van der Waals surface area contributed by atoms with Gasteiger partial charge in [0, 0.05) is 36.2 Å². The van der Waals surface area contributed by atoms with Crippen LogP contribution in [-0.2, 0) is 41.8 Å². The Balaban J connectivity index is 1.34. The highest BCUT2D eigenvalue weighted by Gasteiger charge is 2.55. The number of oxime groups is 1. The van der Waals surface area contributed by atoms with Crippen molar-refractivity contribution in [3.05, 3.63) is 51.9 Å². The van der Waals surface area contributed by atoms with Gasteiger partial charge >= 0.3 is 18.0 Å². The van der Waals surface area contributed by atoms with Gasteiger partial charge in [-0.1, -0.05) is 28.1 Å². The summed E-state index contributed by atoms with van der Waals surface area (Å²) in [7, 11) is 0. The first kappa shape index (κ1) is 33.5. The van der Waals surface area contributed by atoms with Crippen LogP contribution in [0.2, 0.25) is 4.34 Å². The van der Waals surface area contributed by atoms with E-state index in [2.05, 4.69) is 15.5 Å². The number of aliphatic carboxylic acids is 2. The second kappa shape index (κ2) is 13.9. The summed E-state index contributed by atoms with van der Waals surface area (Å²) in [5, 5.41) is 24.8. The molecule has 3 atom stereocenters. The first-order valence-corrected chi connectivity index (χ1v) is 16.1. The number of carboxylic acid groups (broad SMARTS) is 2. The maximum absolute atomic E-state index is 13.4. The molecule has 0 unspecified atom stereocenters. The molecule has 0 radical (unpaired) electrons. The van der Waals surface area contributed by atoms with Crippen LogP contribution >= 0.6 is 34.7 Å². The molecule has 2 aliphatic heterocycles. The first-order valence-electron chi connectivity index (χ1n) is 13.9. The van der Waals surface area contributed by atoms with Crippen molar-refractivity contribution < 1.29 is 48.3 Å². The van der Waals surface area contributed by atoms with Gasteiger partial charge in [-0.25, -0.2) is 19.4 Å². The van der Waals surface area contributed by atoms with Crippen LogP contribution in [0.3, 0.4) is 0 Å². The number of fused-ring (bicyclic) bond motifs is 2. The maximum Gasteiger partial charge on any atom is 0.404 e. The number of hydrogen-bond donors (Lipinski definition) is 5. The molecule has 20 heteroatoms. The van der Waals surface area contributed by atoms with Crippen molar-refractivity contribution in [2.24, 2.45) is 10.9 Å². The quantitative estimate of drug-likeness (QED) is 0.0543. The van der Waals surface area contributed by atoms with Gasteiger partial charge in [0.25, 0.3) is 11.8 Å². The Hall–Kier alpha value is -4.88. The maximum atomic E-state index is 13.4. The van der Waals surface area contributed by atoms with Gasteiger partial charge in [0.1, 0.15) is 32.7 Å². The lowest BCUT2D eigenvalue weighted by Crippen LogP contribution is -2.71. The third kappa shape index (κ3) is 6.96. The first-order chi connectivity index (χ1) is 22.4. The number of ether oxygens (including phenoxy) is 1. The number of nitrogens with two attached hydrogens (primary N) is 2. The largest absolute Gasteiger partial charge is 0.478 e. The van der Waals surface area contributed by atoms with Crippen molar-refractivity contribution in [1.29, 1.82) is 0 Å². The number of thioether (sulfide) groups is 1. The Morgan fingerprint density at radius 1 is 1.30 bits per heavy atom. The topological polar surface area (TPSA) is 246 Å². The lowest BCUT2D eigenvalue weighted by atomic mass is 10.0. The zero-order valence-electron chi connectivity index (χ0n) is 24.5. The standard InChI is InChI=1S/C27H27ClN8O9S2/c1-12(24(39)40)45-33-17(16-20(28)47-26(29)32-16)21(37)31-18-22(38)36-19(25(41)42)13(11-46-23(18)36)10-35-6-2-4-14-15(35)5-8-34(14)7-3-9-44-27(30)43/h2,4-6,8,12,18,23H,3,7,9-11H2,1H3,(H6-,29,30,31,32,37,39,40,41,42,43)/p+1/t12-,18+,23+/m0/s1. The van der Waals surface area contributed by atoms with Crippen molar-refractivity contribution in [3.8, 4) is 0 Å². The second-order valence-corrected chi connectivity index (χ2v) is 13.0. The molecular formula is C27H28ClN8O9S2+. The number of primary amides is 1. The van der Waals surface area contributed by atoms with Crippen molar-refractivity contribution in [2.45, 2.75) is 44.0 Å². The third-order valence-corrected chi connectivity index (χ3v) is 9.61. The summed E-state index contributed by atoms with van der Waals surface area (Å²) in [6, 6.07) is 4.47. The van der Waals surface area contributed by atoms with E-state index in [1.54, 1.807) is 6.20 Å². The Morgan fingerprint density at radius 2 is 2.06 bits per heavy atom. The molecule has 47 heavy (non-hydrogen) atoms. The number of nitrogens with zero attached hydrogens (tertiary/aromatic N) is 5. The van der Waals surface area contributed by atoms with E-state index in [0.29, 0.717) is 18.5 Å². The molecule has 5 rings (SSSR count). The number of carboxylic acids is 2. The fourth-order valence-corrected chi connectivity index (χ4v) is 7.27. The van der Waals surface area contributed by atoms with Crippen LogP contribution in [0.25, 0.3) is 11.0 Å². The number of nitrogen functional groups attached to an aromatic ring is 1. The highest BCUT2D eigenvalue weighted by atomic mass is 35.5. The number of halogens is 1. The van der Waals surface area contributed by atoms with Crippen molar-refractivity contribution >= 4 is 86.4 Å². The highest BCUT2D eigenvalue weighted by Crippen LogP contribution is 2.40. The molecule has 17 nitrogen and oxygen atoms in total. The van der Waals surface area contributed by atoms with E-state index in [1.165, 1.54) is 18.7 Å². The molecule has 5 heterocycles. The number of carbonyl (C=O) groups is 5. The molecule has 3 aromatic rings. The van der Waals surface area contributed by atoms with Gasteiger partial charge in [0.15, 0.2) is 23.6 Å². The van der Waals surface area contributed by atoms with Gasteiger partial charge in [0.05, 0.1) is 6.61 Å². The fraction of sp³-hybridized carbons (Fsp3) is 0.333. The molecule has 3 aromatic heterocycles. The van der Waals surface area contributed by atoms with Crippen LogP contribution in [0, 0.1) is 0 Å². The summed E-state index contributed by atoms with van der Waals surface area (Å²) in [5.74, 6) is -4.02. The number of carbonyl (C=O) groups excluding carboxylic acids is 3. The van der Waals surface area contributed by atoms with Crippen LogP contribution in [0.5, 0.6) is 0 Å². The van der Waals surface area contributed by atoms with Gasteiger partial charge in [-0.3, -0.25) is 14.5 Å². The Labute approximate surface area is 278 Å². The van der Waals surface area contributed by atoms with Crippen LogP contribution in [-0.4, -0.2) is 90.1 Å². The van der Waals surface area contributed by atoms with E-state index in [4.69, 9.17) is 37.7 Å². The average molecular weight is 708 g/mol. The molecule has 7 N–H and O–H groups in total. The summed E-state index contributed by atoms with van der Waals surface area (Å²) in [6.07, 6.45) is 1.95. The number of amides is 3. The summed E-state index contributed by atoms with van der Waals surface area (Å²) in [5.41, 5.74) is 12.0. The minimum absolute atomic E-state index is 0.00853. The Kier molecular flexibility index (Phi) is 9.87. The van der Waals surface area contributed by atoms with E-state index in [9.17, 15) is 29.1 Å². The monoisotopic (exact) mass is 707 g/mol. The van der Waals surface area contributed by atoms with Crippen LogP contribution < -0.4 is 21.4 Å². The lowest BCUT2D eigenvalue weighted by molar-refractivity contribution is -0.663. The van der Waals surface area contributed by atoms with Gasteiger partial charge in [-0.15, -0.1) is 11.8 Å². The SMILES string of the molecule is C[C@H](ON=C(C(=O)N[C@@H]1C(=O)N2C(C(=O)O)=C(C[n+]3cccc4c3ccn4CCCOC(N)=O)CS[C@H]12)c1nc(N)sc1Cl)C(=O)O. The van der Waals surface area contributed by atoms with Crippen molar-refractivity contribution in [2.75, 3.05) is 18.1 Å². The molecule has 0 bridgehead atoms. The summed E-state index contributed by atoms with van der Waals surface area (Å²) in [6.45, 7) is 2.09. The number of β-lactam (4-membered cyclic amide) rings is 1. The molecule has 0 saturated carbocycles. The van der Waals surface area contributed by atoms with Gasteiger partial charge in [0.2, 0.25) is 11.6 Å². The molecular weight excluding hydrogens is 680 g/mol. The predicted octanol–water partition coefficient (Wildman–Crippen LogP) is 0.739. The van der Waals surface area contributed by atoms with E-state index in [-0.39, 0.29) is 39.8 Å². The Bertz CT molecular complexity index is 1840. The number of thiazole rings is 1. The van der Waals surface area contributed by atoms with Crippen molar-refractivity contribution in [3.63, 3.8) is 0 Å². The molecule has 0 aliphatic carbocycles. The second-order valence-electron chi connectivity index (χ2n) is 10.3. The molecule has 248 valence electrons. The molecule has 2 aliphatic rings. The van der Waals surface area contributed by atoms with Crippen LogP contribution in [0.1, 0.15) is 19.0 Å². The average Bonchev–Trinajstić information content (AvgIpc) is 3.59. The van der Waals surface area contributed by atoms with Crippen molar-refractivity contribution in [1.82, 2.24) is 19.8 Å². The van der Waals surface area contributed by atoms with Gasteiger partial charge < -0.3 is 41.1 Å². The van der Waals surface area contributed by atoms with E-state index in [1.807, 2.05) is 33.5 Å². The number of hydrogen-bond acceptors (Lipinski definition) is 12. The molecule has 1 saturated heterocycles. The fourth-order valence-electron chi connectivity index (χ4n) is 5.01. The number of pyridine rings is 1. The molecule has 3 amide bonds. The lowest BCUT2D eigenvalue weighted by Gasteiger charge is -2.49. The molecule has 0 aromatic carbocycles. The predicted molar refractivity (Wildman–Crippen MR) is 168 cm³/mol. The van der Waals surface area contributed by atoms with Crippen LogP contribution in [0.4, 0.5) is 9.93 Å². The zero-order chi connectivity index (χ0) is 34.0. The summed E-state index contributed by atoms with van der Waals surface area (Å²) in [4.78, 5) is 71.3.